The van der Waals surface area contributed by atoms with Crippen molar-refractivity contribution in [1.82, 2.24) is 0 Å². The summed E-state index contributed by atoms with van der Waals surface area (Å²) in [5, 5.41) is 18.7. The highest BCUT2D eigenvalue weighted by molar-refractivity contribution is 7.99. The van der Waals surface area contributed by atoms with Crippen LogP contribution >= 0.6 is 11.8 Å². The lowest BCUT2D eigenvalue weighted by Crippen LogP contribution is -2.22. The van der Waals surface area contributed by atoms with Gasteiger partial charge >= 0.3 is 0 Å². The van der Waals surface area contributed by atoms with Gasteiger partial charge < -0.3 is 10.2 Å². The van der Waals surface area contributed by atoms with Crippen LogP contribution in [0.25, 0.3) is 0 Å². The fourth-order valence-electron chi connectivity index (χ4n) is 1.33. The molecule has 0 amide bonds. The van der Waals surface area contributed by atoms with Gasteiger partial charge in [-0.25, -0.2) is 0 Å². The molecule has 0 aromatic heterocycles. The molecule has 1 aliphatic heterocycles. The predicted molar refractivity (Wildman–Crippen MR) is 47.7 cm³/mol. The van der Waals surface area contributed by atoms with E-state index in [1.165, 1.54) is 0 Å². The molecule has 3 heteroatoms. The monoisotopic (exact) mass is 176 g/mol. The number of hydrogen-bond donors (Lipinski definition) is 2. The Hall–Kier alpha value is 0.270. The third-order valence-corrected chi connectivity index (χ3v) is 3.45. The third-order valence-electron chi connectivity index (χ3n) is 2.21. The van der Waals surface area contributed by atoms with Crippen molar-refractivity contribution in [2.45, 2.75) is 32.0 Å². The fraction of sp³-hybridized carbons (Fsp3) is 1.00. The minimum absolute atomic E-state index is 0.179. The van der Waals surface area contributed by atoms with Crippen LogP contribution in [0.2, 0.25) is 0 Å². The third kappa shape index (κ3) is 2.65. The molecule has 1 heterocycles. The van der Waals surface area contributed by atoms with E-state index in [0.29, 0.717) is 5.92 Å². The van der Waals surface area contributed by atoms with Gasteiger partial charge in [-0.2, -0.15) is 11.8 Å². The molecular weight excluding hydrogens is 160 g/mol. The first-order valence-electron chi connectivity index (χ1n) is 4.18. The van der Waals surface area contributed by atoms with Crippen LogP contribution in [0.15, 0.2) is 0 Å². The number of hydrogen-bond acceptors (Lipinski definition) is 3. The van der Waals surface area contributed by atoms with Crippen molar-refractivity contribution < 1.29 is 10.2 Å². The Labute approximate surface area is 72.0 Å². The Morgan fingerprint density at radius 2 is 2.27 bits per heavy atom. The van der Waals surface area contributed by atoms with Gasteiger partial charge in [-0.3, -0.25) is 0 Å². The molecule has 1 aliphatic rings. The molecule has 0 bridgehead atoms. The van der Waals surface area contributed by atoms with Gasteiger partial charge in [0.2, 0.25) is 0 Å². The molecule has 2 N–H and O–H groups in total. The van der Waals surface area contributed by atoms with Gasteiger partial charge in [0.25, 0.3) is 0 Å². The molecule has 11 heavy (non-hydrogen) atoms. The summed E-state index contributed by atoms with van der Waals surface area (Å²) in [4.78, 5) is 0. The molecule has 2 nitrogen and oxygen atoms in total. The number of thioether (sulfide) groups is 1. The van der Waals surface area contributed by atoms with Crippen LogP contribution < -0.4 is 0 Å². The van der Waals surface area contributed by atoms with Crippen molar-refractivity contribution in [2.24, 2.45) is 5.92 Å². The molecule has 3 atom stereocenters. The zero-order chi connectivity index (χ0) is 8.27. The van der Waals surface area contributed by atoms with Gasteiger partial charge in [0.05, 0.1) is 12.2 Å². The fourth-order valence-corrected chi connectivity index (χ4v) is 2.64. The highest BCUT2D eigenvalue weighted by Gasteiger charge is 2.27. The van der Waals surface area contributed by atoms with Gasteiger partial charge in [0.1, 0.15) is 0 Å². The summed E-state index contributed by atoms with van der Waals surface area (Å²) in [6.45, 7) is 1.97. The van der Waals surface area contributed by atoms with E-state index in [9.17, 15) is 10.2 Å². The van der Waals surface area contributed by atoms with Gasteiger partial charge in [-0.15, -0.1) is 0 Å². The van der Waals surface area contributed by atoms with Crippen molar-refractivity contribution in [3.8, 4) is 0 Å². The largest absolute Gasteiger partial charge is 0.393 e. The van der Waals surface area contributed by atoms with Gasteiger partial charge in [0.15, 0.2) is 0 Å². The van der Waals surface area contributed by atoms with Gasteiger partial charge in [-0.05, 0) is 24.5 Å². The topological polar surface area (TPSA) is 40.5 Å². The first kappa shape index (κ1) is 9.36. The van der Waals surface area contributed by atoms with E-state index in [2.05, 4.69) is 0 Å². The molecule has 0 spiro atoms. The molecule has 0 aliphatic carbocycles. The van der Waals surface area contributed by atoms with Crippen molar-refractivity contribution in [2.75, 3.05) is 11.5 Å². The normalized spacial score (nSPS) is 34.1. The average molecular weight is 176 g/mol. The lowest BCUT2D eigenvalue weighted by molar-refractivity contribution is 0.0878. The van der Waals surface area contributed by atoms with Crippen LogP contribution in [-0.2, 0) is 0 Å². The predicted octanol–water partition coefficient (Wildman–Crippen LogP) is 0.871. The highest BCUT2D eigenvalue weighted by Crippen LogP contribution is 2.28. The molecular formula is C8H16O2S. The van der Waals surface area contributed by atoms with E-state index in [4.69, 9.17) is 0 Å². The maximum atomic E-state index is 9.40. The summed E-state index contributed by atoms with van der Waals surface area (Å²) in [6.07, 6.45) is 1.17. The van der Waals surface area contributed by atoms with Crippen LogP contribution in [0.5, 0.6) is 0 Å². The second kappa shape index (κ2) is 4.33. The van der Waals surface area contributed by atoms with E-state index in [-0.39, 0.29) is 12.2 Å². The Bertz CT molecular complexity index is 119. The molecule has 1 saturated heterocycles. The molecule has 1 fully saturated rings. The van der Waals surface area contributed by atoms with Crippen molar-refractivity contribution in [1.29, 1.82) is 0 Å². The standard InChI is InChI=1S/C8H16O2S/c1-2-7(9)3-6-4-11-5-8(6)10/h6-10H,2-5H2,1H3. The molecule has 0 aromatic rings. The summed E-state index contributed by atoms with van der Waals surface area (Å²) in [5.41, 5.74) is 0. The minimum Gasteiger partial charge on any atom is -0.393 e. The van der Waals surface area contributed by atoms with Crippen LogP contribution in [0.4, 0.5) is 0 Å². The second-order valence-electron chi connectivity index (χ2n) is 3.16. The molecule has 0 radical (unpaired) electrons. The minimum atomic E-state index is -0.214. The Balaban J connectivity index is 2.24. The van der Waals surface area contributed by atoms with Crippen molar-refractivity contribution >= 4 is 11.8 Å². The Kier molecular flexibility index (Phi) is 3.69. The second-order valence-corrected chi connectivity index (χ2v) is 4.24. The molecule has 66 valence electrons. The SMILES string of the molecule is CCC(O)CC1CSCC1O. The summed E-state index contributed by atoms with van der Waals surface area (Å²) in [7, 11) is 0. The smallest absolute Gasteiger partial charge is 0.0667 e. The summed E-state index contributed by atoms with van der Waals surface area (Å²) in [5.74, 6) is 2.19. The Morgan fingerprint density at radius 3 is 2.73 bits per heavy atom. The van der Waals surface area contributed by atoms with E-state index < -0.39 is 0 Å². The van der Waals surface area contributed by atoms with Gasteiger partial charge in [0, 0.05) is 5.75 Å². The van der Waals surface area contributed by atoms with Crippen LogP contribution in [0.1, 0.15) is 19.8 Å². The Morgan fingerprint density at radius 1 is 1.55 bits per heavy atom. The summed E-state index contributed by atoms with van der Waals surface area (Å²) < 4.78 is 0. The van der Waals surface area contributed by atoms with Crippen LogP contribution in [0, 0.1) is 5.92 Å². The molecule has 0 aromatic carbocycles. The van der Waals surface area contributed by atoms with E-state index in [1.807, 2.05) is 6.92 Å². The zero-order valence-electron chi connectivity index (χ0n) is 6.86. The molecule has 0 saturated carbocycles. The van der Waals surface area contributed by atoms with E-state index in [1.54, 1.807) is 11.8 Å². The van der Waals surface area contributed by atoms with Crippen LogP contribution in [0.3, 0.4) is 0 Å². The number of aliphatic hydroxyl groups excluding tert-OH is 2. The quantitative estimate of drug-likeness (QED) is 0.670. The maximum Gasteiger partial charge on any atom is 0.0667 e. The zero-order valence-corrected chi connectivity index (χ0v) is 7.68. The summed E-state index contributed by atoms with van der Waals surface area (Å²) >= 11 is 1.78. The maximum absolute atomic E-state index is 9.40. The van der Waals surface area contributed by atoms with Crippen molar-refractivity contribution in [3.05, 3.63) is 0 Å². The van der Waals surface area contributed by atoms with Crippen molar-refractivity contribution in [3.63, 3.8) is 0 Å². The first-order valence-corrected chi connectivity index (χ1v) is 5.33. The number of aliphatic hydroxyl groups is 2. The number of rotatable bonds is 3. The first-order chi connectivity index (χ1) is 5.24. The lowest BCUT2D eigenvalue weighted by atomic mass is 9.98. The van der Waals surface area contributed by atoms with E-state index >= 15 is 0 Å². The van der Waals surface area contributed by atoms with Crippen LogP contribution in [-0.4, -0.2) is 33.9 Å². The lowest BCUT2D eigenvalue weighted by Gasteiger charge is -2.16. The highest BCUT2D eigenvalue weighted by atomic mass is 32.2. The molecule has 3 unspecified atom stereocenters. The van der Waals surface area contributed by atoms with Gasteiger partial charge in [-0.1, -0.05) is 6.92 Å². The summed E-state index contributed by atoms with van der Waals surface area (Å²) in [6, 6.07) is 0. The van der Waals surface area contributed by atoms with E-state index in [0.717, 1.165) is 24.3 Å². The average Bonchev–Trinajstić information content (AvgIpc) is 2.37. The molecule has 1 rings (SSSR count).